The van der Waals surface area contributed by atoms with Gasteiger partial charge in [-0.3, -0.25) is 23.9 Å². The Morgan fingerprint density at radius 3 is 2.52 bits per heavy atom. The van der Waals surface area contributed by atoms with E-state index >= 15 is 9.18 Å². The highest BCUT2D eigenvalue weighted by Gasteiger charge is 2.53. The number of rotatable bonds is 8. The second-order valence-corrected chi connectivity index (χ2v) is 18.3. The number of aliphatic hydroxyl groups excluding tert-OH is 1. The van der Waals surface area contributed by atoms with Crippen molar-refractivity contribution in [1.29, 1.82) is 0 Å². The van der Waals surface area contributed by atoms with E-state index in [1.54, 1.807) is 58.0 Å². The first-order valence-electron chi connectivity index (χ1n) is 21.8. The number of carbonyl (C=O) groups is 1. The van der Waals surface area contributed by atoms with Crippen molar-refractivity contribution in [1.82, 2.24) is 39.2 Å². The minimum Gasteiger partial charge on any atom is -0.376 e. The Bertz CT molecular complexity index is 3080. The van der Waals surface area contributed by atoms with Crippen LogP contribution in [-0.2, 0) is 23.7 Å². The van der Waals surface area contributed by atoms with Crippen molar-refractivity contribution in [2.24, 2.45) is 7.05 Å². The smallest absolute Gasteiger partial charge is 0.376 e. The molecule has 4 aliphatic rings. The second kappa shape index (κ2) is 14.5. The molecule has 15 nitrogen and oxygen atoms in total. The molecule has 3 aliphatic heterocycles. The number of aromatic nitrogens is 7. The second-order valence-electron chi connectivity index (χ2n) is 18.3. The number of carbonyl (C=O) groups excluding carboxylic acids is 1. The summed E-state index contributed by atoms with van der Waals surface area (Å²) in [5.41, 5.74) is 4.41. The van der Waals surface area contributed by atoms with Crippen molar-refractivity contribution in [2.75, 3.05) is 23.0 Å². The van der Waals surface area contributed by atoms with Crippen molar-refractivity contribution >= 4 is 39.2 Å². The number of ether oxygens (including phenoxy) is 1. The highest BCUT2D eigenvalue weighted by molar-refractivity contribution is 6.00. The summed E-state index contributed by atoms with van der Waals surface area (Å²) < 4.78 is 46.8. The molecular weight excluding hydrogens is 823 g/mol. The number of amides is 1. The molecule has 4 aromatic heterocycles. The lowest BCUT2D eigenvalue weighted by atomic mass is 9.83. The molecule has 7 heterocycles. The number of halogens is 2. The molecule has 2 N–H and O–H groups in total. The van der Waals surface area contributed by atoms with E-state index in [0.717, 1.165) is 40.6 Å². The average molecular weight is 871 g/mol. The van der Waals surface area contributed by atoms with Gasteiger partial charge in [-0.05, 0) is 113 Å². The number of nitrogens with zero attached hydrogens (tertiary/aromatic N) is 9. The summed E-state index contributed by atoms with van der Waals surface area (Å²) >= 11 is 0. The molecular formula is C47H48F2N10O5. The number of aliphatic hydroxyl groups is 1. The van der Waals surface area contributed by atoms with Gasteiger partial charge in [-0.2, -0.15) is 10.2 Å². The van der Waals surface area contributed by atoms with Crippen molar-refractivity contribution < 1.29 is 27.9 Å². The quantitative estimate of drug-likeness (QED) is 0.159. The molecule has 64 heavy (non-hydrogen) atoms. The standard InChI is InChI=1S/C47H48F2N10O5/c1-26(28-6-9-32(48)10-7-28)59-41(57-20-19-56(45(57)62)37-13-12-36-33(40(37)49)25-50-54(36)5)39-27(2)55(18-14-34(39)52-59)42(60)38-23-31-22-29(30-15-21-63-46(3,4)24-30)8-11-35(31)58(38)47(16-17-47)43-51-44(61)64-53-43/h6-13,19-20,22-23,25-27,30,45,62H,14-18,21,24H2,1-5H3,(H,51,53,61)/t26-,27+,30-,45?/m1/s1. The molecule has 0 spiro atoms. The molecule has 0 radical (unpaired) electrons. The number of aryl methyl sites for hydroxylation is 1. The Balaban J connectivity index is 1.01. The van der Waals surface area contributed by atoms with Crippen LogP contribution in [0.25, 0.3) is 21.8 Å². The summed E-state index contributed by atoms with van der Waals surface area (Å²) in [6.07, 6.45) is 6.79. The Morgan fingerprint density at radius 1 is 1.02 bits per heavy atom. The Labute approximate surface area is 366 Å². The fraction of sp³-hybridized carbons (Fsp3) is 0.383. The summed E-state index contributed by atoms with van der Waals surface area (Å²) in [7, 11) is 1.74. The number of fused-ring (bicyclic) bond motifs is 3. The van der Waals surface area contributed by atoms with Gasteiger partial charge in [-0.15, -0.1) is 0 Å². The van der Waals surface area contributed by atoms with E-state index in [-0.39, 0.29) is 28.9 Å². The molecule has 1 saturated heterocycles. The predicted molar refractivity (Wildman–Crippen MR) is 234 cm³/mol. The molecule has 1 unspecified atom stereocenters. The average Bonchev–Trinajstić information content (AvgIpc) is 3.73. The Morgan fingerprint density at radius 2 is 1.78 bits per heavy atom. The number of aromatic amines is 1. The van der Waals surface area contributed by atoms with Crippen LogP contribution in [0.5, 0.6) is 0 Å². The molecule has 3 aromatic carbocycles. The number of benzene rings is 3. The van der Waals surface area contributed by atoms with Gasteiger partial charge in [0, 0.05) is 55.5 Å². The molecule has 4 atom stereocenters. The van der Waals surface area contributed by atoms with Gasteiger partial charge in [-0.25, -0.2) is 18.3 Å². The highest BCUT2D eigenvalue weighted by atomic mass is 19.1. The minimum absolute atomic E-state index is 0.155. The lowest BCUT2D eigenvalue weighted by Gasteiger charge is -2.36. The van der Waals surface area contributed by atoms with Crippen molar-refractivity contribution in [3.8, 4) is 0 Å². The number of hydrogen-bond acceptors (Lipinski definition) is 10. The van der Waals surface area contributed by atoms with Crippen molar-refractivity contribution in [3.05, 3.63) is 135 Å². The third-order valence-corrected chi connectivity index (χ3v) is 14.0. The fourth-order valence-corrected chi connectivity index (χ4v) is 10.4. The van der Waals surface area contributed by atoms with Gasteiger partial charge in [0.2, 0.25) is 6.35 Å². The zero-order valence-electron chi connectivity index (χ0n) is 36.1. The minimum atomic E-state index is -1.40. The molecule has 7 aromatic rings. The van der Waals surface area contributed by atoms with Crippen LogP contribution in [0.4, 0.5) is 20.3 Å². The van der Waals surface area contributed by atoms with Gasteiger partial charge < -0.3 is 24.2 Å². The van der Waals surface area contributed by atoms with E-state index in [1.807, 2.05) is 29.4 Å². The predicted octanol–water partition coefficient (Wildman–Crippen LogP) is 7.33. The first-order valence-corrected chi connectivity index (χ1v) is 21.8. The van der Waals surface area contributed by atoms with Gasteiger partial charge in [0.1, 0.15) is 22.9 Å². The normalized spacial score (nSPS) is 21.9. The van der Waals surface area contributed by atoms with Crippen LogP contribution >= 0.6 is 0 Å². The summed E-state index contributed by atoms with van der Waals surface area (Å²) in [6, 6.07) is 16.9. The molecule has 1 amide bonds. The van der Waals surface area contributed by atoms with Crippen LogP contribution in [0.3, 0.4) is 0 Å². The molecule has 17 heteroatoms. The molecule has 330 valence electrons. The van der Waals surface area contributed by atoms with E-state index in [9.17, 15) is 14.3 Å². The van der Waals surface area contributed by atoms with E-state index in [4.69, 9.17) is 14.4 Å². The maximum absolute atomic E-state index is 16.1. The molecule has 11 rings (SSSR count). The summed E-state index contributed by atoms with van der Waals surface area (Å²) in [5, 5.41) is 26.9. The summed E-state index contributed by atoms with van der Waals surface area (Å²) in [5.74, 6) is -0.631. The molecule has 2 fully saturated rings. The van der Waals surface area contributed by atoms with Gasteiger partial charge in [0.05, 0.1) is 46.2 Å². The zero-order valence-corrected chi connectivity index (χ0v) is 36.1. The Hall–Kier alpha value is -6.59. The summed E-state index contributed by atoms with van der Waals surface area (Å²) in [4.78, 5) is 35.5. The van der Waals surface area contributed by atoms with Crippen molar-refractivity contribution in [3.63, 3.8) is 0 Å². The van der Waals surface area contributed by atoms with Crippen LogP contribution in [0.1, 0.15) is 110 Å². The van der Waals surface area contributed by atoms with Crippen LogP contribution in [0.2, 0.25) is 0 Å². The van der Waals surface area contributed by atoms with Crippen LogP contribution in [0, 0.1) is 11.6 Å². The van der Waals surface area contributed by atoms with Crippen LogP contribution in [-0.4, -0.2) is 75.3 Å². The van der Waals surface area contributed by atoms with E-state index in [0.29, 0.717) is 60.7 Å². The summed E-state index contributed by atoms with van der Waals surface area (Å²) in [6.45, 7) is 9.13. The topological polar surface area (TPSA) is 156 Å². The molecule has 1 aliphatic carbocycles. The van der Waals surface area contributed by atoms with Gasteiger partial charge in [0.15, 0.2) is 11.6 Å². The molecule has 0 bridgehead atoms. The lowest BCUT2D eigenvalue weighted by Crippen LogP contribution is -2.43. The number of nitrogens with one attached hydrogen (secondary N) is 1. The van der Waals surface area contributed by atoms with Gasteiger partial charge in [-0.1, -0.05) is 23.4 Å². The van der Waals surface area contributed by atoms with E-state index < -0.39 is 35.5 Å². The van der Waals surface area contributed by atoms with E-state index in [2.05, 4.69) is 47.3 Å². The van der Waals surface area contributed by atoms with Gasteiger partial charge >= 0.3 is 5.76 Å². The van der Waals surface area contributed by atoms with E-state index in [1.165, 1.54) is 28.8 Å². The maximum Gasteiger partial charge on any atom is 0.438 e. The maximum atomic E-state index is 16.1. The largest absolute Gasteiger partial charge is 0.438 e. The van der Waals surface area contributed by atoms with Crippen LogP contribution in [0.15, 0.2) is 88.6 Å². The first kappa shape index (κ1) is 40.2. The fourth-order valence-electron chi connectivity index (χ4n) is 10.4. The molecule has 1 saturated carbocycles. The zero-order chi connectivity index (χ0) is 44.4. The Kier molecular flexibility index (Phi) is 9.09. The lowest BCUT2D eigenvalue weighted by molar-refractivity contribution is -0.0592. The number of anilines is 2. The highest BCUT2D eigenvalue weighted by Crippen LogP contribution is 2.52. The number of H-pyrrole nitrogens is 1. The monoisotopic (exact) mass is 870 g/mol. The number of hydrogen-bond donors (Lipinski definition) is 2. The SMILES string of the molecule is C[C@H](c1ccc(F)cc1)n1nc2c(c1N1C=CN(c3ccc4c(cnn4C)c3F)C1O)[C@H](C)N(C(=O)c1cc3cc([C@@H]4CCOC(C)(C)C4)ccc3n1C1(c3noc(=O)[nH]3)CC1)CC2. The van der Waals surface area contributed by atoms with Gasteiger partial charge in [0.25, 0.3) is 5.91 Å². The van der Waals surface area contributed by atoms with Crippen molar-refractivity contribution in [2.45, 2.75) is 95.3 Å². The third kappa shape index (κ3) is 6.22. The first-order chi connectivity index (χ1) is 30.7. The van der Waals surface area contributed by atoms with Crippen LogP contribution < -0.4 is 15.6 Å². The third-order valence-electron chi connectivity index (χ3n) is 14.0.